The predicted octanol–water partition coefficient (Wildman–Crippen LogP) is 2.76. The van der Waals surface area contributed by atoms with E-state index in [0.29, 0.717) is 36.5 Å². The standard InChI is InChI=1S/C25H24N4O4/c1-33-20-4-2-18(3-5-20)24(31)28-13-16-12-19(15-28)22-7-6-21(25(32)29(22)14-16)27-23(30)17-8-10-26-11-9-17/h2-11,16,19H,12-15H2,1H3,(H,27,30)/t16-,19-/m1/s1. The Morgan fingerprint density at radius 2 is 1.73 bits per heavy atom. The second-order valence-corrected chi connectivity index (χ2v) is 8.51. The number of ether oxygens (including phenoxy) is 1. The molecule has 2 amide bonds. The second-order valence-electron chi connectivity index (χ2n) is 8.51. The van der Waals surface area contributed by atoms with E-state index < -0.39 is 0 Å². The summed E-state index contributed by atoms with van der Waals surface area (Å²) in [6.45, 7) is 1.68. The maximum Gasteiger partial charge on any atom is 0.274 e. The molecule has 0 aliphatic carbocycles. The number of methoxy groups -OCH3 is 1. The summed E-state index contributed by atoms with van der Waals surface area (Å²) in [6, 6.07) is 13.9. The van der Waals surface area contributed by atoms with Crippen molar-refractivity contribution in [3.63, 3.8) is 0 Å². The molecule has 2 bridgehead atoms. The largest absolute Gasteiger partial charge is 0.497 e. The first-order valence-corrected chi connectivity index (χ1v) is 10.9. The van der Waals surface area contributed by atoms with Gasteiger partial charge in [0, 0.05) is 54.8 Å². The minimum absolute atomic E-state index is 0.00983. The van der Waals surface area contributed by atoms with Gasteiger partial charge in [-0.2, -0.15) is 0 Å². The molecule has 2 atom stereocenters. The number of nitrogens with zero attached hydrogens (tertiary/aromatic N) is 3. The predicted molar refractivity (Wildman–Crippen MR) is 123 cm³/mol. The summed E-state index contributed by atoms with van der Waals surface area (Å²) in [7, 11) is 1.60. The van der Waals surface area contributed by atoms with Crippen molar-refractivity contribution in [3.05, 3.63) is 88.1 Å². The molecule has 4 heterocycles. The van der Waals surface area contributed by atoms with Crippen molar-refractivity contribution in [3.8, 4) is 5.75 Å². The molecule has 0 spiro atoms. The fourth-order valence-electron chi connectivity index (χ4n) is 4.82. The minimum atomic E-state index is -0.345. The van der Waals surface area contributed by atoms with E-state index in [1.165, 1.54) is 12.4 Å². The lowest BCUT2D eigenvalue weighted by atomic mass is 9.83. The van der Waals surface area contributed by atoms with Gasteiger partial charge in [0.25, 0.3) is 17.4 Å². The number of hydrogen-bond acceptors (Lipinski definition) is 5. The average molecular weight is 444 g/mol. The van der Waals surface area contributed by atoms with Crippen molar-refractivity contribution < 1.29 is 14.3 Å². The summed E-state index contributed by atoms with van der Waals surface area (Å²) in [4.78, 5) is 44.5. The number of nitrogens with one attached hydrogen (secondary N) is 1. The number of benzene rings is 1. The molecule has 3 aromatic rings. The van der Waals surface area contributed by atoms with Gasteiger partial charge in [-0.05, 0) is 60.9 Å². The Hall–Kier alpha value is -3.94. The maximum atomic E-state index is 13.2. The highest BCUT2D eigenvalue weighted by molar-refractivity contribution is 6.04. The summed E-state index contributed by atoms with van der Waals surface area (Å²) in [6.07, 6.45) is 4.01. The fourth-order valence-corrected chi connectivity index (χ4v) is 4.82. The van der Waals surface area contributed by atoms with Crippen molar-refractivity contribution in [2.75, 3.05) is 25.5 Å². The van der Waals surface area contributed by atoms with E-state index in [9.17, 15) is 14.4 Å². The van der Waals surface area contributed by atoms with Crippen LogP contribution in [0, 0.1) is 5.92 Å². The maximum absolute atomic E-state index is 13.2. The number of hydrogen-bond donors (Lipinski definition) is 1. The lowest BCUT2D eigenvalue weighted by molar-refractivity contribution is 0.0594. The van der Waals surface area contributed by atoms with Crippen LogP contribution < -0.4 is 15.6 Å². The number of amides is 2. The summed E-state index contributed by atoms with van der Waals surface area (Å²) >= 11 is 0. The van der Waals surface area contributed by atoms with Crippen LogP contribution >= 0.6 is 0 Å². The van der Waals surface area contributed by atoms with Crippen LogP contribution in [0.3, 0.4) is 0 Å². The topological polar surface area (TPSA) is 93.5 Å². The van der Waals surface area contributed by atoms with E-state index in [0.717, 1.165) is 12.1 Å². The number of carbonyl (C=O) groups excluding carboxylic acids is 2. The second kappa shape index (κ2) is 8.54. The molecule has 8 heteroatoms. The summed E-state index contributed by atoms with van der Waals surface area (Å²) in [5.41, 5.74) is 2.02. The third-order valence-corrected chi connectivity index (χ3v) is 6.42. The Bertz CT molecular complexity index is 1250. The number of fused-ring (bicyclic) bond motifs is 4. The van der Waals surface area contributed by atoms with Crippen LogP contribution in [0.4, 0.5) is 5.69 Å². The highest BCUT2D eigenvalue weighted by Crippen LogP contribution is 2.36. The van der Waals surface area contributed by atoms with Gasteiger partial charge >= 0.3 is 0 Å². The molecule has 1 fully saturated rings. The Balaban J connectivity index is 1.36. The monoisotopic (exact) mass is 444 g/mol. The van der Waals surface area contributed by atoms with Gasteiger partial charge in [-0.1, -0.05) is 0 Å². The molecule has 0 radical (unpaired) electrons. The number of rotatable bonds is 4. The first-order valence-electron chi connectivity index (χ1n) is 10.9. The Morgan fingerprint density at radius 3 is 2.45 bits per heavy atom. The third-order valence-electron chi connectivity index (χ3n) is 6.42. The number of carbonyl (C=O) groups is 2. The van der Waals surface area contributed by atoms with Crippen molar-refractivity contribution in [2.45, 2.75) is 18.9 Å². The average Bonchev–Trinajstić information content (AvgIpc) is 2.86. The summed E-state index contributed by atoms with van der Waals surface area (Å²) in [5, 5.41) is 2.73. The normalized spacial score (nSPS) is 18.9. The quantitative estimate of drug-likeness (QED) is 0.668. The molecule has 0 saturated carbocycles. The van der Waals surface area contributed by atoms with Crippen molar-refractivity contribution >= 4 is 17.5 Å². The van der Waals surface area contributed by atoms with Gasteiger partial charge in [-0.25, -0.2) is 0 Å². The van der Waals surface area contributed by atoms with Crippen molar-refractivity contribution in [2.24, 2.45) is 5.92 Å². The van der Waals surface area contributed by atoms with Crippen LogP contribution in [0.25, 0.3) is 0 Å². The molecule has 2 aliphatic heterocycles. The van der Waals surface area contributed by atoms with Crippen LogP contribution in [0.5, 0.6) is 5.75 Å². The van der Waals surface area contributed by atoms with Crippen LogP contribution in [-0.4, -0.2) is 46.5 Å². The molecule has 5 rings (SSSR count). The van der Waals surface area contributed by atoms with E-state index in [2.05, 4.69) is 10.3 Å². The zero-order valence-electron chi connectivity index (χ0n) is 18.2. The molecule has 2 aliphatic rings. The van der Waals surface area contributed by atoms with Gasteiger partial charge in [-0.3, -0.25) is 19.4 Å². The van der Waals surface area contributed by atoms with E-state index in [4.69, 9.17) is 4.74 Å². The Labute approximate surface area is 190 Å². The number of aromatic nitrogens is 2. The SMILES string of the molecule is COc1ccc(C(=O)N2C[C@H]3C[C@H](C2)c2ccc(NC(=O)c4ccncc4)c(=O)n2C3)cc1. The summed E-state index contributed by atoms with van der Waals surface area (Å²) in [5.74, 6) is 0.619. The van der Waals surface area contributed by atoms with Gasteiger partial charge in [0.1, 0.15) is 11.4 Å². The lowest BCUT2D eigenvalue weighted by Crippen LogP contribution is -2.49. The molecular formula is C25H24N4O4. The first-order chi connectivity index (χ1) is 16.0. The van der Waals surface area contributed by atoms with Crippen LogP contribution in [0.15, 0.2) is 65.7 Å². The number of likely N-dealkylation sites (tertiary alicyclic amines) is 1. The zero-order chi connectivity index (χ0) is 22.9. The van der Waals surface area contributed by atoms with E-state index >= 15 is 0 Å². The highest BCUT2D eigenvalue weighted by atomic mass is 16.5. The van der Waals surface area contributed by atoms with E-state index in [-0.39, 0.29) is 34.9 Å². The zero-order valence-corrected chi connectivity index (χ0v) is 18.2. The van der Waals surface area contributed by atoms with Gasteiger partial charge in [0.05, 0.1) is 7.11 Å². The Morgan fingerprint density at radius 1 is 0.970 bits per heavy atom. The number of anilines is 1. The first kappa shape index (κ1) is 20.9. The third kappa shape index (κ3) is 4.00. The molecule has 168 valence electrons. The fraction of sp³-hybridized carbons (Fsp3) is 0.280. The smallest absolute Gasteiger partial charge is 0.274 e. The molecule has 0 unspecified atom stereocenters. The van der Waals surface area contributed by atoms with Gasteiger partial charge < -0.3 is 19.5 Å². The molecule has 33 heavy (non-hydrogen) atoms. The molecule has 2 aromatic heterocycles. The van der Waals surface area contributed by atoms with E-state index in [1.54, 1.807) is 54.1 Å². The number of piperidine rings is 1. The molecule has 1 N–H and O–H groups in total. The molecular weight excluding hydrogens is 420 g/mol. The van der Waals surface area contributed by atoms with Gasteiger partial charge in [-0.15, -0.1) is 0 Å². The van der Waals surface area contributed by atoms with Gasteiger partial charge in [0.15, 0.2) is 0 Å². The van der Waals surface area contributed by atoms with Crippen molar-refractivity contribution in [1.82, 2.24) is 14.5 Å². The molecule has 1 aromatic carbocycles. The van der Waals surface area contributed by atoms with E-state index in [1.807, 2.05) is 11.0 Å². The molecule has 1 saturated heterocycles. The van der Waals surface area contributed by atoms with Crippen LogP contribution in [-0.2, 0) is 6.54 Å². The highest BCUT2D eigenvalue weighted by Gasteiger charge is 2.37. The van der Waals surface area contributed by atoms with Crippen molar-refractivity contribution in [1.29, 1.82) is 0 Å². The van der Waals surface area contributed by atoms with Gasteiger partial charge in [0.2, 0.25) is 0 Å². The number of pyridine rings is 2. The Kier molecular flexibility index (Phi) is 5.42. The molecule has 8 nitrogen and oxygen atoms in total. The minimum Gasteiger partial charge on any atom is -0.497 e. The van der Waals surface area contributed by atoms with Crippen LogP contribution in [0.2, 0.25) is 0 Å². The van der Waals surface area contributed by atoms with Crippen LogP contribution in [0.1, 0.15) is 38.7 Å². The lowest BCUT2D eigenvalue weighted by Gasteiger charge is -2.43. The summed E-state index contributed by atoms with van der Waals surface area (Å²) < 4.78 is 6.94.